The van der Waals surface area contributed by atoms with Gasteiger partial charge in [-0.1, -0.05) is 20.8 Å². The fraction of sp³-hybridized carbons (Fsp3) is 0.875. The van der Waals surface area contributed by atoms with Crippen LogP contribution < -0.4 is 5.32 Å². The maximum absolute atomic E-state index is 11.7. The number of amides is 2. The Morgan fingerprint density at radius 1 is 1.26 bits per heavy atom. The SMILES string of the molecule is CC(C)(C)OC(=O)NC[C@@H]1CN(C(=O)O)[C@](CO)(C(C)(C)C)C1. The van der Waals surface area contributed by atoms with E-state index in [9.17, 15) is 19.8 Å². The van der Waals surface area contributed by atoms with Crippen LogP contribution in [0.3, 0.4) is 0 Å². The molecule has 1 aliphatic heterocycles. The lowest BCUT2D eigenvalue weighted by atomic mass is 9.71. The normalized spacial score (nSPS) is 25.3. The van der Waals surface area contributed by atoms with E-state index in [-0.39, 0.29) is 19.1 Å². The zero-order valence-corrected chi connectivity index (χ0v) is 15.0. The van der Waals surface area contributed by atoms with E-state index >= 15 is 0 Å². The van der Waals surface area contributed by atoms with Crippen molar-refractivity contribution in [2.75, 3.05) is 19.7 Å². The molecule has 2 atom stereocenters. The quantitative estimate of drug-likeness (QED) is 0.737. The van der Waals surface area contributed by atoms with Crippen LogP contribution in [0, 0.1) is 11.3 Å². The van der Waals surface area contributed by atoms with Gasteiger partial charge in [-0.3, -0.25) is 4.90 Å². The molecule has 0 aromatic rings. The van der Waals surface area contributed by atoms with Crippen LogP contribution >= 0.6 is 0 Å². The molecule has 0 saturated carbocycles. The average molecular weight is 330 g/mol. The lowest BCUT2D eigenvalue weighted by Crippen LogP contribution is -2.57. The first-order valence-electron chi connectivity index (χ1n) is 7.91. The molecule has 0 bridgehead atoms. The number of aliphatic hydroxyl groups excluding tert-OH is 1. The average Bonchev–Trinajstić information content (AvgIpc) is 2.74. The molecular formula is C16H30N2O5. The smallest absolute Gasteiger partial charge is 0.407 e. The van der Waals surface area contributed by atoms with E-state index in [4.69, 9.17) is 4.74 Å². The third kappa shape index (κ3) is 4.50. The summed E-state index contributed by atoms with van der Waals surface area (Å²) < 4.78 is 5.19. The number of nitrogens with one attached hydrogen (secondary N) is 1. The molecule has 23 heavy (non-hydrogen) atoms. The number of rotatable bonds is 3. The van der Waals surface area contributed by atoms with Crippen LogP contribution in [0.15, 0.2) is 0 Å². The lowest BCUT2D eigenvalue weighted by molar-refractivity contribution is -0.0116. The molecule has 1 saturated heterocycles. The Bertz CT molecular complexity index is 452. The van der Waals surface area contributed by atoms with Crippen LogP contribution in [0.2, 0.25) is 0 Å². The fourth-order valence-corrected chi connectivity index (χ4v) is 3.12. The van der Waals surface area contributed by atoms with E-state index < -0.39 is 28.7 Å². The number of carbonyl (C=O) groups excluding carboxylic acids is 1. The van der Waals surface area contributed by atoms with Gasteiger partial charge in [0.05, 0.1) is 12.1 Å². The van der Waals surface area contributed by atoms with Crippen molar-refractivity contribution in [3.05, 3.63) is 0 Å². The number of likely N-dealkylation sites (tertiary alicyclic amines) is 1. The third-order valence-electron chi connectivity index (χ3n) is 4.41. The van der Waals surface area contributed by atoms with Gasteiger partial charge in [0.1, 0.15) is 5.60 Å². The molecule has 1 aliphatic rings. The number of nitrogens with zero attached hydrogens (tertiary/aromatic N) is 1. The van der Waals surface area contributed by atoms with Gasteiger partial charge in [-0.2, -0.15) is 0 Å². The van der Waals surface area contributed by atoms with Crippen molar-refractivity contribution in [3.63, 3.8) is 0 Å². The van der Waals surface area contributed by atoms with Crippen molar-refractivity contribution in [3.8, 4) is 0 Å². The predicted octanol–water partition coefficient (Wildman–Crippen LogP) is 2.29. The molecule has 0 spiro atoms. The van der Waals surface area contributed by atoms with E-state index in [1.165, 1.54) is 4.90 Å². The zero-order valence-electron chi connectivity index (χ0n) is 15.0. The molecule has 0 unspecified atom stereocenters. The van der Waals surface area contributed by atoms with Crippen LogP contribution in [0.4, 0.5) is 9.59 Å². The second-order valence-electron chi connectivity index (χ2n) is 8.29. The Balaban J connectivity index is 2.78. The summed E-state index contributed by atoms with van der Waals surface area (Å²) in [6.45, 7) is 11.5. The van der Waals surface area contributed by atoms with Gasteiger partial charge in [-0.25, -0.2) is 9.59 Å². The van der Waals surface area contributed by atoms with E-state index in [2.05, 4.69) is 5.32 Å². The van der Waals surface area contributed by atoms with Crippen molar-refractivity contribution < 1.29 is 24.5 Å². The molecule has 7 nitrogen and oxygen atoms in total. The number of carboxylic acid groups (broad SMARTS) is 1. The minimum absolute atomic E-state index is 0.0648. The highest BCUT2D eigenvalue weighted by molar-refractivity contribution is 5.68. The number of hydrogen-bond acceptors (Lipinski definition) is 4. The van der Waals surface area contributed by atoms with Gasteiger partial charge in [-0.15, -0.1) is 0 Å². The summed E-state index contributed by atoms with van der Waals surface area (Å²) >= 11 is 0. The summed E-state index contributed by atoms with van der Waals surface area (Å²) in [7, 11) is 0. The summed E-state index contributed by atoms with van der Waals surface area (Å²) in [6.07, 6.45) is -1.07. The van der Waals surface area contributed by atoms with Crippen molar-refractivity contribution in [2.24, 2.45) is 11.3 Å². The molecule has 1 rings (SSSR count). The minimum atomic E-state index is -1.05. The molecular weight excluding hydrogens is 300 g/mol. The van der Waals surface area contributed by atoms with E-state index in [1.54, 1.807) is 20.8 Å². The van der Waals surface area contributed by atoms with Gasteiger partial charge in [0.15, 0.2) is 0 Å². The Morgan fingerprint density at radius 2 is 1.83 bits per heavy atom. The molecule has 3 N–H and O–H groups in total. The van der Waals surface area contributed by atoms with Crippen LogP contribution in [0.5, 0.6) is 0 Å². The van der Waals surface area contributed by atoms with Crippen LogP contribution in [-0.2, 0) is 4.74 Å². The largest absolute Gasteiger partial charge is 0.465 e. The lowest BCUT2D eigenvalue weighted by Gasteiger charge is -2.45. The molecule has 134 valence electrons. The highest BCUT2D eigenvalue weighted by Crippen LogP contribution is 2.45. The Kier molecular flexibility index (Phi) is 5.57. The zero-order chi connectivity index (χ0) is 18.1. The maximum atomic E-state index is 11.7. The highest BCUT2D eigenvalue weighted by Gasteiger charge is 2.54. The second-order valence-corrected chi connectivity index (χ2v) is 8.29. The summed E-state index contributed by atoms with van der Waals surface area (Å²) in [5, 5.41) is 22.1. The Morgan fingerprint density at radius 3 is 2.17 bits per heavy atom. The number of alkyl carbamates (subject to hydrolysis) is 1. The van der Waals surface area contributed by atoms with Crippen molar-refractivity contribution in [1.82, 2.24) is 10.2 Å². The topological polar surface area (TPSA) is 99.1 Å². The fourth-order valence-electron chi connectivity index (χ4n) is 3.12. The molecule has 1 fully saturated rings. The summed E-state index contributed by atoms with van der Waals surface area (Å²) in [6, 6.07) is 0. The van der Waals surface area contributed by atoms with Gasteiger partial charge in [0.2, 0.25) is 0 Å². The number of ether oxygens (including phenoxy) is 1. The van der Waals surface area contributed by atoms with E-state index in [1.807, 2.05) is 20.8 Å². The molecule has 0 aromatic carbocycles. The first-order chi connectivity index (χ1) is 10.3. The van der Waals surface area contributed by atoms with Crippen molar-refractivity contribution in [2.45, 2.75) is 59.1 Å². The number of carbonyl (C=O) groups is 2. The maximum Gasteiger partial charge on any atom is 0.407 e. The standard InChI is InChI=1S/C16H30N2O5/c1-14(2,3)16(10-19)7-11(9-18(16)13(21)22)8-17-12(20)23-15(4,5)6/h11,19H,7-10H2,1-6H3,(H,17,20)(H,21,22)/t11-,16-/m1/s1. The molecule has 0 radical (unpaired) electrons. The van der Waals surface area contributed by atoms with Crippen LogP contribution in [0.1, 0.15) is 48.0 Å². The monoisotopic (exact) mass is 330 g/mol. The predicted molar refractivity (Wildman–Crippen MR) is 86.3 cm³/mol. The minimum Gasteiger partial charge on any atom is -0.465 e. The van der Waals surface area contributed by atoms with Gasteiger partial charge in [-0.05, 0) is 38.5 Å². The molecule has 0 aromatic heterocycles. The summed E-state index contributed by atoms with van der Waals surface area (Å²) in [5.74, 6) is -0.0648. The van der Waals surface area contributed by atoms with Gasteiger partial charge in [0, 0.05) is 13.1 Å². The Hall–Kier alpha value is -1.50. The van der Waals surface area contributed by atoms with Gasteiger partial charge >= 0.3 is 12.2 Å². The molecule has 1 heterocycles. The number of hydrogen-bond donors (Lipinski definition) is 3. The highest BCUT2D eigenvalue weighted by atomic mass is 16.6. The first-order valence-corrected chi connectivity index (χ1v) is 7.91. The number of aliphatic hydroxyl groups is 1. The summed E-state index contributed by atoms with van der Waals surface area (Å²) in [4.78, 5) is 24.7. The molecule has 0 aliphatic carbocycles. The molecule has 7 heteroatoms. The van der Waals surface area contributed by atoms with Crippen molar-refractivity contribution in [1.29, 1.82) is 0 Å². The third-order valence-corrected chi connectivity index (χ3v) is 4.41. The first kappa shape index (κ1) is 19.5. The van der Waals surface area contributed by atoms with Gasteiger partial charge in [0.25, 0.3) is 0 Å². The van der Waals surface area contributed by atoms with Gasteiger partial charge < -0.3 is 20.3 Å². The van der Waals surface area contributed by atoms with Crippen molar-refractivity contribution >= 4 is 12.2 Å². The second kappa shape index (κ2) is 6.55. The van der Waals surface area contributed by atoms with E-state index in [0.717, 1.165) is 0 Å². The molecule has 2 amide bonds. The van der Waals surface area contributed by atoms with E-state index in [0.29, 0.717) is 13.0 Å². The van der Waals surface area contributed by atoms with Crippen LogP contribution in [-0.4, -0.2) is 58.1 Å². The summed E-state index contributed by atoms with van der Waals surface area (Å²) in [5.41, 5.74) is -1.84. The van der Waals surface area contributed by atoms with Crippen LogP contribution in [0.25, 0.3) is 0 Å². The Labute approximate surface area is 138 Å².